The summed E-state index contributed by atoms with van der Waals surface area (Å²) in [5, 5.41) is 3.58. The summed E-state index contributed by atoms with van der Waals surface area (Å²) >= 11 is 6.05. The zero-order valence-corrected chi connectivity index (χ0v) is 16.4. The molecular weight excluding hydrogens is 362 g/mol. The van der Waals surface area contributed by atoms with E-state index in [1.165, 1.54) is 6.92 Å². The Morgan fingerprint density at radius 2 is 2.07 bits per heavy atom. The second kappa shape index (κ2) is 8.91. The van der Waals surface area contributed by atoms with E-state index in [1.54, 1.807) is 0 Å². The Morgan fingerprint density at radius 1 is 1.26 bits per heavy atom. The maximum Gasteiger partial charge on any atom is 0.216 e. The number of hydrogen-bond donors (Lipinski definition) is 1. The summed E-state index contributed by atoms with van der Waals surface area (Å²) in [4.78, 5) is 15.8. The van der Waals surface area contributed by atoms with Crippen LogP contribution in [0.5, 0.6) is 5.75 Å². The van der Waals surface area contributed by atoms with Gasteiger partial charge in [0.2, 0.25) is 5.91 Å². The van der Waals surface area contributed by atoms with Gasteiger partial charge in [-0.3, -0.25) is 4.79 Å². The third-order valence-corrected chi connectivity index (χ3v) is 4.80. The molecule has 0 saturated heterocycles. The van der Waals surface area contributed by atoms with Crippen LogP contribution in [0.3, 0.4) is 0 Å². The van der Waals surface area contributed by atoms with Gasteiger partial charge in [-0.15, -0.1) is 0 Å². The van der Waals surface area contributed by atoms with E-state index in [2.05, 4.69) is 16.0 Å². The minimum Gasteiger partial charge on any atom is -0.494 e. The molecule has 6 heteroatoms. The highest BCUT2D eigenvalue weighted by molar-refractivity contribution is 6.31. The number of imidazole rings is 1. The number of para-hydroxylation sites is 2. The number of aromatic nitrogens is 2. The molecule has 3 rings (SSSR count). The first kappa shape index (κ1) is 19.2. The molecule has 1 aromatic heterocycles. The smallest absolute Gasteiger partial charge is 0.216 e. The molecular formula is C21H24ClN3O2. The van der Waals surface area contributed by atoms with Crippen molar-refractivity contribution in [1.82, 2.24) is 14.9 Å². The molecule has 3 aromatic rings. The Morgan fingerprint density at radius 3 is 2.85 bits per heavy atom. The third kappa shape index (κ3) is 5.01. The average Bonchev–Trinajstić information content (AvgIpc) is 2.99. The largest absolute Gasteiger partial charge is 0.494 e. The normalized spacial score (nSPS) is 10.9. The van der Waals surface area contributed by atoms with Gasteiger partial charge in [0.05, 0.1) is 17.6 Å². The van der Waals surface area contributed by atoms with Crippen LogP contribution in [0.15, 0.2) is 42.5 Å². The van der Waals surface area contributed by atoms with Gasteiger partial charge in [0.25, 0.3) is 0 Å². The first-order chi connectivity index (χ1) is 13.0. The minimum absolute atomic E-state index is 0.0238. The van der Waals surface area contributed by atoms with Gasteiger partial charge in [-0.2, -0.15) is 0 Å². The van der Waals surface area contributed by atoms with E-state index in [0.29, 0.717) is 19.6 Å². The van der Waals surface area contributed by atoms with Crippen molar-refractivity contribution in [1.29, 1.82) is 0 Å². The van der Waals surface area contributed by atoms with E-state index in [0.717, 1.165) is 46.2 Å². The lowest BCUT2D eigenvalue weighted by Gasteiger charge is -2.11. The van der Waals surface area contributed by atoms with E-state index < -0.39 is 0 Å². The lowest BCUT2D eigenvalue weighted by molar-refractivity contribution is -0.118. The Kier molecular flexibility index (Phi) is 6.35. The molecule has 0 saturated carbocycles. The van der Waals surface area contributed by atoms with Crippen molar-refractivity contribution >= 4 is 28.5 Å². The summed E-state index contributed by atoms with van der Waals surface area (Å²) in [7, 11) is 0. The van der Waals surface area contributed by atoms with Crippen LogP contribution < -0.4 is 10.1 Å². The number of halogens is 1. The monoisotopic (exact) mass is 385 g/mol. The molecule has 27 heavy (non-hydrogen) atoms. The molecule has 0 fully saturated rings. The van der Waals surface area contributed by atoms with E-state index in [-0.39, 0.29) is 5.91 Å². The van der Waals surface area contributed by atoms with Gasteiger partial charge in [-0.1, -0.05) is 23.7 Å². The SMILES string of the molecule is CC(=O)NCCc1nc2ccccc2n1CCCOc1ccc(Cl)c(C)c1. The zero-order valence-electron chi connectivity index (χ0n) is 15.7. The highest BCUT2D eigenvalue weighted by Crippen LogP contribution is 2.21. The van der Waals surface area contributed by atoms with E-state index in [9.17, 15) is 4.79 Å². The van der Waals surface area contributed by atoms with Crippen LogP contribution >= 0.6 is 11.6 Å². The fourth-order valence-electron chi connectivity index (χ4n) is 3.04. The van der Waals surface area contributed by atoms with Crippen molar-refractivity contribution in [3.63, 3.8) is 0 Å². The predicted octanol–water partition coefficient (Wildman–Crippen LogP) is 4.15. The van der Waals surface area contributed by atoms with Crippen molar-refractivity contribution < 1.29 is 9.53 Å². The molecule has 1 amide bonds. The quantitative estimate of drug-likeness (QED) is 0.593. The number of aryl methyl sites for hydroxylation is 2. The molecule has 0 bridgehead atoms. The van der Waals surface area contributed by atoms with Crippen LogP contribution in [0.4, 0.5) is 0 Å². The second-order valence-corrected chi connectivity index (χ2v) is 6.92. The number of fused-ring (bicyclic) bond motifs is 1. The van der Waals surface area contributed by atoms with Crippen LogP contribution in [0.2, 0.25) is 5.02 Å². The van der Waals surface area contributed by atoms with E-state index in [1.807, 2.05) is 43.3 Å². The highest BCUT2D eigenvalue weighted by Gasteiger charge is 2.10. The first-order valence-corrected chi connectivity index (χ1v) is 9.50. The molecule has 0 aliphatic rings. The Hall–Kier alpha value is -2.53. The number of rotatable bonds is 8. The molecule has 0 unspecified atom stereocenters. The Bertz CT molecular complexity index is 936. The van der Waals surface area contributed by atoms with Gasteiger partial charge in [0.15, 0.2) is 0 Å². The summed E-state index contributed by atoms with van der Waals surface area (Å²) in [5.41, 5.74) is 3.09. The number of nitrogens with one attached hydrogen (secondary N) is 1. The number of carbonyl (C=O) groups excluding carboxylic acids is 1. The summed E-state index contributed by atoms with van der Waals surface area (Å²) in [5.74, 6) is 1.79. The molecule has 2 aromatic carbocycles. The number of carbonyl (C=O) groups is 1. The standard InChI is InChI=1S/C21H24ClN3O2/c1-15-14-17(8-9-18(15)22)27-13-5-12-25-20-7-4-3-6-19(20)24-21(25)10-11-23-16(2)26/h3-4,6-9,14H,5,10-13H2,1-2H3,(H,23,26). The van der Waals surface area contributed by atoms with Crippen molar-refractivity contribution in [2.45, 2.75) is 33.2 Å². The molecule has 1 N–H and O–H groups in total. The van der Waals surface area contributed by atoms with Gasteiger partial charge in [-0.25, -0.2) is 4.98 Å². The molecule has 0 aliphatic heterocycles. The number of nitrogens with zero attached hydrogens (tertiary/aromatic N) is 2. The van der Waals surface area contributed by atoms with Crippen molar-refractivity contribution in [2.24, 2.45) is 0 Å². The summed E-state index contributed by atoms with van der Waals surface area (Å²) in [6, 6.07) is 13.8. The fourth-order valence-corrected chi connectivity index (χ4v) is 3.15. The predicted molar refractivity (Wildman–Crippen MR) is 108 cm³/mol. The van der Waals surface area contributed by atoms with Gasteiger partial charge >= 0.3 is 0 Å². The number of ether oxygens (including phenoxy) is 1. The topological polar surface area (TPSA) is 56.2 Å². The van der Waals surface area contributed by atoms with Crippen molar-refractivity contribution in [2.75, 3.05) is 13.2 Å². The molecule has 0 atom stereocenters. The highest BCUT2D eigenvalue weighted by atomic mass is 35.5. The second-order valence-electron chi connectivity index (χ2n) is 6.51. The molecule has 142 valence electrons. The molecule has 0 radical (unpaired) electrons. The first-order valence-electron chi connectivity index (χ1n) is 9.12. The van der Waals surface area contributed by atoms with Crippen LogP contribution in [0.1, 0.15) is 24.7 Å². The van der Waals surface area contributed by atoms with E-state index in [4.69, 9.17) is 21.3 Å². The van der Waals surface area contributed by atoms with Crippen LogP contribution in [-0.4, -0.2) is 28.6 Å². The van der Waals surface area contributed by atoms with Crippen molar-refractivity contribution in [3.8, 4) is 5.75 Å². The fraction of sp³-hybridized carbons (Fsp3) is 0.333. The summed E-state index contributed by atoms with van der Waals surface area (Å²) < 4.78 is 8.07. The molecule has 0 spiro atoms. The maximum absolute atomic E-state index is 11.1. The number of benzene rings is 2. The Balaban J connectivity index is 1.64. The number of hydrogen-bond acceptors (Lipinski definition) is 3. The van der Waals surface area contributed by atoms with E-state index >= 15 is 0 Å². The number of amides is 1. The Labute approximate surface area is 164 Å². The summed E-state index contributed by atoms with van der Waals surface area (Å²) in [6.07, 6.45) is 1.56. The zero-order chi connectivity index (χ0) is 19.2. The van der Waals surface area contributed by atoms with Gasteiger partial charge in [-0.05, 0) is 49.2 Å². The third-order valence-electron chi connectivity index (χ3n) is 4.38. The molecule has 1 heterocycles. The minimum atomic E-state index is -0.0238. The van der Waals surface area contributed by atoms with Gasteiger partial charge in [0.1, 0.15) is 11.6 Å². The van der Waals surface area contributed by atoms with Gasteiger partial charge < -0.3 is 14.6 Å². The average molecular weight is 386 g/mol. The molecule has 5 nitrogen and oxygen atoms in total. The van der Waals surface area contributed by atoms with Crippen LogP contribution in [0, 0.1) is 6.92 Å². The van der Waals surface area contributed by atoms with Crippen LogP contribution in [0.25, 0.3) is 11.0 Å². The maximum atomic E-state index is 11.1. The van der Waals surface area contributed by atoms with Crippen molar-refractivity contribution in [3.05, 3.63) is 58.9 Å². The molecule has 0 aliphatic carbocycles. The lowest BCUT2D eigenvalue weighted by Crippen LogP contribution is -2.23. The van der Waals surface area contributed by atoms with Gasteiger partial charge in [0, 0.05) is 31.5 Å². The van der Waals surface area contributed by atoms with Crippen LogP contribution in [-0.2, 0) is 17.8 Å². The lowest BCUT2D eigenvalue weighted by atomic mass is 10.2. The summed E-state index contributed by atoms with van der Waals surface area (Å²) in [6.45, 7) is 5.49.